The molecule has 1 aromatic rings. The van der Waals surface area contributed by atoms with Gasteiger partial charge in [-0.2, -0.15) is 0 Å². The van der Waals surface area contributed by atoms with Crippen LogP contribution in [0.5, 0.6) is 0 Å². The Bertz CT molecular complexity index is 514. The standard InChI is InChI=1S/C15H19NO4/c1-10-9-20-11(2)8-16(10)14(17)7-12-4-3-5-13(6-12)15(18)19/h3-6,10-11H,7-9H2,1-2H3,(H,18,19). The van der Waals surface area contributed by atoms with Crippen molar-refractivity contribution in [3.05, 3.63) is 35.4 Å². The molecule has 0 saturated carbocycles. The van der Waals surface area contributed by atoms with E-state index < -0.39 is 5.97 Å². The molecule has 1 N–H and O–H groups in total. The average Bonchev–Trinajstić information content (AvgIpc) is 2.41. The first-order chi connectivity index (χ1) is 9.47. The Morgan fingerprint density at radius 3 is 2.85 bits per heavy atom. The summed E-state index contributed by atoms with van der Waals surface area (Å²) in [5, 5.41) is 8.96. The van der Waals surface area contributed by atoms with E-state index in [9.17, 15) is 9.59 Å². The average molecular weight is 277 g/mol. The molecule has 2 rings (SSSR count). The van der Waals surface area contributed by atoms with Crippen LogP contribution in [0.25, 0.3) is 0 Å². The number of carboxylic acids is 1. The van der Waals surface area contributed by atoms with Gasteiger partial charge in [0.15, 0.2) is 0 Å². The first-order valence-corrected chi connectivity index (χ1v) is 6.70. The van der Waals surface area contributed by atoms with Crippen LogP contribution < -0.4 is 0 Å². The quantitative estimate of drug-likeness (QED) is 0.910. The second kappa shape index (κ2) is 6.05. The number of carbonyl (C=O) groups excluding carboxylic acids is 1. The van der Waals surface area contributed by atoms with Crippen molar-refractivity contribution >= 4 is 11.9 Å². The Hall–Kier alpha value is -1.88. The highest BCUT2D eigenvalue weighted by molar-refractivity contribution is 5.88. The van der Waals surface area contributed by atoms with Gasteiger partial charge in [0, 0.05) is 6.54 Å². The molecule has 1 fully saturated rings. The van der Waals surface area contributed by atoms with E-state index in [1.165, 1.54) is 6.07 Å². The van der Waals surface area contributed by atoms with Crippen LogP contribution >= 0.6 is 0 Å². The highest BCUT2D eigenvalue weighted by Crippen LogP contribution is 2.14. The number of amides is 1. The molecule has 0 spiro atoms. The second-order valence-corrected chi connectivity index (χ2v) is 5.22. The molecule has 1 aliphatic rings. The normalized spacial score (nSPS) is 22.6. The number of benzene rings is 1. The van der Waals surface area contributed by atoms with Crippen LogP contribution in [-0.2, 0) is 16.0 Å². The van der Waals surface area contributed by atoms with Crippen LogP contribution in [0, 0.1) is 0 Å². The van der Waals surface area contributed by atoms with E-state index >= 15 is 0 Å². The number of nitrogens with zero attached hydrogens (tertiary/aromatic N) is 1. The van der Waals surface area contributed by atoms with Crippen molar-refractivity contribution in [1.82, 2.24) is 4.90 Å². The molecule has 5 nitrogen and oxygen atoms in total. The maximum atomic E-state index is 12.3. The summed E-state index contributed by atoms with van der Waals surface area (Å²) < 4.78 is 5.50. The van der Waals surface area contributed by atoms with Gasteiger partial charge in [0.2, 0.25) is 5.91 Å². The largest absolute Gasteiger partial charge is 0.478 e. The molecule has 2 unspecified atom stereocenters. The molecule has 1 amide bonds. The fourth-order valence-corrected chi connectivity index (χ4v) is 2.34. The van der Waals surface area contributed by atoms with Gasteiger partial charge in [-0.1, -0.05) is 12.1 Å². The summed E-state index contributed by atoms with van der Waals surface area (Å²) in [5.74, 6) is -0.970. The van der Waals surface area contributed by atoms with E-state index in [1.807, 2.05) is 18.7 Å². The Balaban J connectivity index is 2.07. The van der Waals surface area contributed by atoms with E-state index in [0.717, 1.165) is 5.56 Å². The molecule has 20 heavy (non-hydrogen) atoms. The number of hydrogen-bond acceptors (Lipinski definition) is 3. The zero-order valence-corrected chi connectivity index (χ0v) is 11.7. The minimum atomic E-state index is -0.979. The molecule has 1 saturated heterocycles. The van der Waals surface area contributed by atoms with Gasteiger partial charge in [0.1, 0.15) is 0 Å². The lowest BCUT2D eigenvalue weighted by Gasteiger charge is -2.37. The van der Waals surface area contributed by atoms with Crippen molar-refractivity contribution in [1.29, 1.82) is 0 Å². The minimum absolute atomic E-state index is 0.00943. The zero-order chi connectivity index (χ0) is 14.7. The smallest absolute Gasteiger partial charge is 0.335 e. The Morgan fingerprint density at radius 2 is 2.15 bits per heavy atom. The SMILES string of the molecule is CC1CN(C(=O)Cc2cccc(C(=O)O)c2)C(C)CO1. The molecule has 5 heteroatoms. The van der Waals surface area contributed by atoms with Crippen molar-refractivity contribution in [3.8, 4) is 0 Å². The highest BCUT2D eigenvalue weighted by Gasteiger charge is 2.27. The van der Waals surface area contributed by atoms with Crippen LogP contribution in [0.3, 0.4) is 0 Å². The van der Waals surface area contributed by atoms with Crippen molar-refractivity contribution in [2.24, 2.45) is 0 Å². The first-order valence-electron chi connectivity index (χ1n) is 6.70. The van der Waals surface area contributed by atoms with Crippen molar-refractivity contribution in [2.75, 3.05) is 13.2 Å². The third kappa shape index (κ3) is 3.36. The van der Waals surface area contributed by atoms with E-state index in [4.69, 9.17) is 9.84 Å². The third-order valence-electron chi connectivity index (χ3n) is 3.46. The molecule has 108 valence electrons. The van der Waals surface area contributed by atoms with Gasteiger partial charge in [-0.25, -0.2) is 4.79 Å². The molecule has 1 aliphatic heterocycles. The summed E-state index contributed by atoms with van der Waals surface area (Å²) >= 11 is 0. The summed E-state index contributed by atoms with van der Waals surface area (Å²) in [6, 6.07) is 6.57. The van der Waals surface area contributed by atoms with Gasteiger partial charge < -0.3 is 14.7 Å². The zero-order valence-electron chi connectivity index (χ0n) is 11.7. The molecule has 0 aliphatic carbocycles. The van der Waals surface area contributed by atoms with E-state index in [0.29, 0.717) is 13.2 Å². The van der Waals surface area contributed by atoms with Gasteiger partial charge in [-0.05, 0) is 31.5 Å². The summed E-state index contributed by atoms with van der Waals surface area (Å²) in [6.07, 6.45) is 0.263. The number of carbonyl (C=O) groups is 2. The Kier molecular flexibility index (Phi) is 4.39. The van der Waals surface area contributed by atoms with Gasteiger partial charge >= 0.3 is 5.97 Å². The number of rotatable bonds is 3. The molecule has 2 atom stereocenters. The predicted octanol–water partition coefficient (Wildman–Crippen LogP) is 1.56. The molecule has 0 radical (unpaired) electrons. The third-order valence-corrected chi connectivity index (χ3v) is 3.46. The van der Waals surface area contributed by atoms with Gasteiger partial charge in [0.05, 0.1) is 30.7 Å². The number of aromatic carboxylic acids is 1. The topological polar surface area (TPSA) is 66.8 Å². The van der Waals surface area contributed by atoms with Crippen molar-refractivity contribution < 1.29 is 19.4 Å². The molecular formula is C15H19NO4. The van der Waals surface area contributed by atoms with Crippen LogP contribution in [0.2, 0.25) is 0 Å². The summed E-state index contributed by atoms with van der Waals surface area (Å²) in [4.78, 5) is 25.1. The Morgan fingerprint density at radius 1 is 1.40 bits per heavy atom. The maximum Gasteiger partial charge on any atom is 0.335 e. The number of morpholine rings is 1. The van der Waals surface area contributed by atoms with Crippen molar-refractivity contribution in [2.45, 2.75) is 32.4 Å². The summed E-state index contributed by atoms with van der Waals surface area (Å²) in [6.45, 7) is 5.02. The summed E-state index contributed by atoms with van der Waals surface area (Å²) in [7, 11) is 0. The van der Waals surface area contributed by atoms with Gasteiger partial charge in [-0.3, -0.25) is 4.79 Å². The van der Waals surface area contributed by atoms with E-state index in [2.05, 4.69) is 0 Å². The lowest BCUT2D eigenvalue weighted by molar-refractivity contribution is -0.142. The number of hydrogen-bond donors (Lipinski definition) is 1. The molecular weight excluding hydrogens is 258 g/mol. The molecule has 0 bridgehead atoms. The molecule has 1 aromatic carbocycles. The summed E-state index contributed by atoms with van der Waals surface area (Å²) in [5.41, 5.74) is 0.930. The molecule has 0 aromatic heterocycles. The fourth-order valence-electron chi connectivity index (χ4n) is 2.34. The first kappa shape index (κ1) is 14.5. The second-order valence-electron chi connectivity index (χ2n) is 5.22. The number of ether oxygens (including phenoxy) is 1. The predicted molar refractivity (Wildman–Crippen MR) is 73.7 cm³/mol. The van der Waals surface area contributed by atoms with Gasteiger partial charge in [-0.15, -0.1) is 0 Å². The van der Waals surface area contributed by atoms with Crippen LogP contribution in [0.4, 0.5) is 0 Å². The molecule has 1 heterocycles. The van der Waals surface area contributed by atoms with Crippen LogP contribution in [-0.4, -0.2) is 47.2 Å². The fraction of sp³-hybridized carbons (Fsp3) is 0.467. The van der Waals surface area contributed by atoms with E-state index in [1.54, 1.807) is 18.2 Å². The van der Waals surface area contributed by atoms with Crippen molar-refractivity contribution in [3.63, 3.8) is 0 Å². The van der Waals surface area contributed by atoms with Gasteiger partial charge in [0.25, 0.3) is 0 Å². The van der Waals surface area contributed by atoms with E-state index in [-0.39, 0.29) is 30.0 Å². The minimum Gasteiger partial charge on any atom is -0.478 e. The lowest BCUT2D eigenvalue weighted by atomic mass is 10.1. The highest BCUT2D eigenvalue weighted by atomic mass is 16.5. The maximum absolute atomic E-state index is 12.3. The number of carboxylic acid groups (broad SMARTS) is 1. The van der Waals surface area contributed by atoms with Crippen LogP contribution in [0.15, 0.2) is 24.3 Å². The lowest BCUT2D eigenvalue weighted by Crippen LogP contribution is -2.50. The van der Waals surface area contributed by atoms with Crippen LogP contribution in [0.1, 0.15) is 29.8 Å². The Labute approximate surface area is 118 Å². The monoisotopic (exact) mass is 277 g/mol.